The zero-order chi connectivity index (χ0) is 29.8. The van der Waals surface area contributed by atoms with Gasteiger partial charge in [0.1, 0.15) is 17.3 Å². The van der Waals surface area contributed by atoms with E-state index in [1.165, 1.54) is 17.0 Å². The highest BCUT2D eigenvalue weighted by Gasteiger charge is 2.87. The summed E-state index contributed by atoms with van der Waals surface area (Å²) in [6.45, 7) is 0. The molecular weight excluding hydrogens is 666 g/mol. The van der Waals surface area contributed by atoms with Gasteiger partial charge in [0.25, 0.3) is 5.91 Å². The van der Waals surface area contributed by atoms with Gasteiger partial charge in [-0.15, -0.1) is 0 Å². The minimum atomic E-state index is -1.60. The van der Waals surface area contributed by atoms with Crippen LogP contribution in [0.2, 0.25) is 0 Å². The van der Waals surface area contributed by atoms with Gasteiger partial charge < -0.3 is 0 Å². The average Bonchev–Trinajstić information content (AvgIpc) is 3.50. The highest BCUT2D eigenvalue weighted by molar-refractivity contribution is 14.1. The number of hydrogen-bond donors (Lipinski definition) is 0. The molecule has 7 heteroatoms. The van der Waals surface area contributed by atoms with Gasteiger partial charge in [0, 0.05) is 9.49 Å². The summed E-state index contributed by atoms with van der Waals surface area (Å²) in [6.07, 6.45) is 0. The molecule has 2 fully saturated rings. The van der Waals surface area contributed by atoms with Crippen LogP contribution in [0.25, 0.3) is 0 Å². The van der Waals surface area contributed by atoms with E-state index in [0.29, 0.717) is 16.9 Å². The third-order valence-electron chi connectivity index (χ3n) is 9.98. The van der Waals surface area contributed by atoms with Gasteiger partial charge in [0.2, 0.25) is 11.5 Å². The maximum Gasteiger partial charge on any atom is 0.271 e. The molecule has 44 heavy (non-hydrogen) atoms. The van der Waals surface area contributed by atoms with Crippen molar-refractivity contribution in [3.05, 3.63) is 165 Å². The SMILES string of the molecule is O=C1N(c2ccc(I)cc2)C(=O)C23C4c5ccccc5C(c5ccccc54)C12ON(c1ccccc1)C3c1ccc(F)cc1. The third kappa shape index (κ3) is 3.01. The van der Waals surface area contributed by atoms with E-state index < -0.39 is 28.9 Å². The van der Waals surface area contributed by atoms with Crippen molar-refractivity contribution in [1.29, 1.82) is 0 Å². The molecule has 0 N–H and O–H groups in total. The quantitative estimate of drug-likeness (QED) is 0.145. The first-order chi connectivity index (χ1) is 21.5. The second-order valence-electron chi connectivity index (χ2n) is 11.9. The van der Waals surface area contributed by atoms with Crippen LogP contribution in [0.1, 0.15) is 45.7 Å². The van der Waals surface area contributed by atoms with Crippen LogP contribution in [0.15, 0.2) is 127 Å². The number of carbonyl (C=O) groups is 2. The molecule has 3 atom stereocenters. The fourth-order valence-corrected chi connectivity index (χ4v) is 8.86. The van der Waals surface area contributed by atoms with E-state index >= 15 is 9.59 Å². The molecule has 5 nitrogen and oxygen atoms in total. The number of imide groups is 1. The molecule has 0 spiro atoms. The van der Waals surface area contributed by atoms with Gasteiger partial charge in [0.15, 0.2) is 0 Å². The van der Waals surface area contributed by atoms with Gasteiger partial charge in [-0.2, -0.15) is 0 Å². The number of rotatable bonds is 3. The van der Waals surface area contributed by atoms with Gasteiger partial charge in [-0.3, -0.25) is 14.4 Å². The molecule has 0 radical (unpaired) electrons. The monoisotopic (exact) mass is 690 g/mol. The normalized spacial score (nSPS) is 27.6. The molecule has 2 heterocycles. The Labute approximate surface area is 267 Å². The zero-order valence-corrected chi connectivity index (χ0v) is 25.4. The summed E-state index contributed by atoms with van der Waals surface area (Å²) in [6, 6.07) is 38.8. The van der Waals surface area contributed by atoms with Gasteiger partial charge >= 0.3 is 0 Å². The lowest BCUT2D eigenvalue weighted by Gasteiger charge is -2.55. The van der Waals surface area contributed by atoms with E-state index in [1.807, 2.05) is 78.9 Å². The van der Waals surface area contributed by atoms with Crippen LogP contribution in [-0.4, -0.2) is 17.4 Å². The first kappa shape index (κ1) is 26.1. The van der Waals surface area contributed by atoms with Crippen molar-refractivity contribution in [2.45, 2.75) is 23.5 Å². The van der Waals surface area contributed by atoms with Gasteiger partial charge in [-0.25, -0.2) is 14.4 Å². The van der Waals surface area contributed by atoms with Crippen molar-refractivity contribution < 1.29 is 18.8 Å². The maximum atomic E-state index is 15.6. The summed E-state index contributed by atoms with van der Waals surface area (Å²) in [5.41, 5.74) is 2.93. The molecule has 3 unspecified atom stereocenters. The number of anilines is 2. The first-order valence-electron chi connectivity index (χ1n) is 14.6. The Morgan fingerprint density at radius 1 is 0.614 bits per heavy atom. The third-order valence-corrected chi connectivity index (χ3v) is 10.7. The van der Waals surface area contributed by atoms with Crippen LogP contribution in [0, 0.1) is 14.8 Å². The Morgan fingerprint density at radius 2 is 1.16 bits per heavy atom. The Morgan fingerprint density at radius 3 is 1.75 bits per heavy atom. The van der Waals surface area contributed by atoms with Crippen LogP contribution in [-0.2, 0) is 14.4 Å². The molecule has 5 aromatic rings. The average molecular weight is 691 g/mol. The molecule has 5 aromatic carbocycles. The van der Waals surface area contributed by atoms with E-state index in [-0.39, 0.29) is 17.6 Å². The molecule has 3 aliphatic carbocycles. The fraction of sp³-hybridized carbons (Fsp3) is 0.135. The lowest BCUT2D eigenvalue weighted by molar-refractivity contribution is -0.153. The number of hydrogen-bond acceptors (Lipinski definition) is 4. The van der Waals surface area contributed by atoms with E-state index in [9.17, 15) is 4.39 Å². The first-order valence-corrected chi connectivity index (χ1v) is 15.7. The van der Waals surface area contributed by atoms with Crippen molar-refractivity contribution in [3.63, 3.8) is 0 Å². The summed E-state index contributed by atoms with van der Waals surface area (Å²) >= 11 is 2.22. The minimum Gasteiger partial charge on any atom is -0.273 e. The molecule has 2 amide bonds. The summed E-state index contributed by atoms with van der Waals surface area (Å²) in [4.78, 5) is 39.5. The van der Waals surface area contributed by atoms with Crippen molar-refractivity contribution in [3.8, 4) is 0 Å². The molecule has 2 aliphatic heterocycles. The molecular formula is C37H24FIN2O3. The van der Waals surface area contributed by atoms with Crippen LogP contribution >= 0.6 is 22.6 Å². The maximum absolute atomic E-state index is 15.6. The summed E-state index contributed by atoms with van der Waals surface area (Å²) in [5, 5.41) is 1.76. The molecule has 10 rings (SSSR count). The number of amides is 2. The molecule has 0 saturated carbocycles. The van der Waals surface area contributed by atoms with E-state index in [2.05, 4.69) is 46.9 Å². The van der Waals surface area contributed by atoms with Crippen LogP contribution in [0.4, 0.5) is 15.8 Å². The van der Waals surface area contributed by atoms with Crippen molar-refractivity contribution >= 4 is 45.8 Å². The largest absolute Gasteiger partial charge is 0.273 e. The van der Waals surface area contributed by atoms with Gasteiger partial charge in [0.05, 0.1) is 17.3 Å². The standard InChI is InChI=1S/C37H24FIN2O3/c38-23-16-14-22(15-17-23)33-36-31-27-10-4-6-12-29(27)32(30-13-7-5-11-28(30)31)37(36,44-41(33)26-8-2-1-3-9-26)35(43)40(34(36)42)25-20-18-24(39)19-21-25/h1-21,31-33H. The topological polar surface area (TPSA) is 49.9 Å². The lowest BCUT2D eigenvalue weighted by atomic mass is 9.43. The number of para-hydroxylation sites is 1. The number of hydroxylamine groups is 1. The highest BCUT2D eigenvalue weighted by Crippen LogP contribution is 2.77. The van der Waals surface area contributed by atoms with Crippen LogP contribution < -0.4 is 9.96 Å². The smallest absolute Gasteiger partial charge is 0.271 e. The molecule has 2 bridgehead atoms. The van der Waals surface area contributed by atoms with Crippen molar-refractivity contribution in [2.24, 2.45) is 5.41 Å². The van der Waals surface area contributed by atoms with Gasteiger partial charge in [-0.05, 0) is 98.9 Å². The predicted octanol–water partition coefficient (Wildman–Crippen LogP) is 7.51. The number of carbonyl (C=O) groups excluding carboxylic acids is 2. The highest BCUT2D eigenvalue weighted by atomic mass is 127. The summed E-state index contributed by atoms with van der Waals surface area (Å²) in [5.74, 6) is -2.13. The summed E-state index contributed by atoms with van der Waals surface area (Å²) < 4.78 is 15.4. The Hall–Kier alpha value is -4.34. The Balaban J connectivity index is 1.43. The fourth-order valence-electron chi connectivity index (χ4n) is 8.50. The van der Waals surface area contributed by atoms with E-state index in [0.717, 1.165) is 25.8 Å². The minimum absolute atomic E-state index is 0.310. The van der Waals surface area contributed by atoms with Crippen molar-refractivity contribution in [1.82, 2.24) is 0 Å². The predicted molar refractivity (Wildman–Crippen MR) is 173 cm³/mol. The lowest BCUT2D eigenvalue weighted by Crippen LogP contribution is -2.63. The van der Waals surface area contributed by atoms with Crippen LogP contribution in [0.3, 0.4) is 0 Å². The van der Waals surface area contributed by atoms with E-state index in [4.69, 9.17) is 4.84 Å². The van der Waals surface area contributed by atoms with Crippen LogP contribution in [0.5, 0.6) is 0 Å². The van der Waals surface area contributed by atoms with E-state index in [1.54, 1.807) is 17.2 Å². The van der Waals surface area contributed by atoms with Crippen molar-refractivity contribution in [2.75, 3.05) is 9.96 Å². The zero-order valence-electron chi connectivity index (χ0n) is 23.2. The molecule has 5 aliphatic rings. The molecule has 214 valence electrons. The molecule has 0 aromatic heterocycles. The van der Waals surface area contributed by atoms with Gasteiger partial charge in [-0.1, -0.05) is 78.9 Å². The summed E-state index contributed by atoms with van der Waals surface area (Å²) in [7, 11) is 0. The second-order valence-corrected chi connectivity index (χ2v) is 13.1. The Kier molecular flexibility index (Phi) is 5.39. The number of halogens is 2. The Bertz CT molecular complexity index is 1950. The molecule has 2 saturated heterocycles. The second kappa shape index (κ2) is 9.09. The number of nitrogens with zero attached hydrogens (tertiary/aromatic N) is 2. The number of benzene rings is 5.